The van der Waals surface area contributed by atoms with Crippen LogP contribution in [-0.4, -0.2) is 53.8 Å². The molecule has 0 N–H and O–H groups in total. The van der Waals surface area contributed by atoms with Gasteiger partial charge in [0.05, 0.1) is 6.10 Å². The van der Waals surface area contributed by atoms with Crippen LogP contribution in [0.4, 0.5) is 24.7 Å². The summed E-state index contributed by atoms with van der Waals surface area (Å²) in [6.07, 6.45) is 2.44. The van der Waals surface area contributed by atoms with Crippen molar-refractivity contribution in [3.8, 4) is 0 Å². The number of rotatable bonds is 6. The zero-order valence-corrected chi connectivity index (χ0v) is 16.8. The molecule has 1 aliphatic carbocycles. The van der Waals surface area contributed by atoms with Crippen molar-refractivity contribution in [1.82, 2.24) is 4.98 Å². The average molecular weight is 392 g/mol. The lowest BCUT2D eigenvalue weighted by atomic mass is 9.88. The number of alkyl halides is 3. The topological polar surface area (TPSA) is 37.7 Å². The standard InChI is InChI=1S/C18H28F3N3OS/c1-17(2,3)26(5,6)25-14-10-13(11-14)24(12-18(19,20)21)16-15(22-4)8-7-9-23-16/h7-9,13-14H,4,10-12H2,1-3,5-6H3. The molecule has 26 heavy (non-hydrogen) atoms. The van der Waals surface area contributed by atoms with Gasteiger partial charge in [-0.3, -0.25) is 4.99 Å². The highest BCUT2D eigenvalue weighted by molar-refractivity contribution is 8.29. The van der Waals surface area contributed by atoms with E-state index >= 15 is 0 Å². The fourth-order valence-electron chi connectivity index (χ4n) is 2.66. The average Bonchev–Trinajstić information content (AvgIpc) is 2.46. The van der Waals surface area contributed by atoms with E-state index in [4.69, 9.17) is 4.18 Å². The number of anilines is 1. The molecule has 1 saturated carbocycles. The van der Waals surface area contributed by atoms with Crippen LogP contribution >= 0.6 is 10.3 Å². The van der Waals surface area contributed by atoms with Crippen LogP contribution in [0.3, 0.4) is 0 Å². The van der Waals surface area contributed by atoms with Crippen LogP contribution in [-0.2, 0) is 4.18 Å². The predicted octanol–water partition coefficient (Wildman–Crippen LogP) is 5.11. The van der Waals surface area contributed by atoms with Gasteiger partial charge in [-0.05, 0) is 44.2 Å². The molecule has 8 heteroatoms. The molecular weight excluding hydrogens is 363 g/mol. The van der Waals surface area contributed by atoms with Crippen LogP contribution in [0, 0.1) is 0 Å². The maximum atomic E-state index is 13.1. The highest BCUT2D eigenvalue weighted by atomic mass is 32.3. The molecule has 0 atom stereocenters. The normalized spacial score (nSPS) is 21.8. The van der Waals surface area contributed by atoms with E-state index in [0.29, 0.717) is 18.5 Å². The molecule has 1 aromatic heterocycles. The van der Waals surface area contributed by atoms with Crippen molar-refractivity contribution < 1.29 is 17.4 Å². The maximum absolute atomic E-state index is 13.1. The first-order valence-corrected chi connectivity index (χ1v) is 10.9. The number of halogens is 3. The second-order valence-corrected chi connectivity index (χ2v) is 11.8. The van der Waals surface area contributed by atoms with Gasteiger partial charge in [-0.1, -0.05) is 20.8 Å². The van der Waals surface area contributed by atoms with Gasteiger partial charge < -0.3 is 9.08 Å². The second-order valence-electron chi connectivity index (χ2n) is 7.94. The lowest BCUT2D eigenvalue weighted by Gasteiger charge is -2.51. The summed E-state index contributed by atoms with van der Waals surface area (Å²) in [7, 11) is -1.30. The number of hydrogen-bond donors (Lipinski definition) is 0. The van der Waals surface area contributed by atoms with E-state index in [1.807, 2.05) is 0 Å². The van der Waals surface area contributed by atoms with Gasteiger partial charge in [0.25, 0.3) is 0 Å². The molecule has 0 saturated heterocycles. The molecule has 0 spiro atoms. The monoisotopic (exact) mass is 391 g/mol. The summed E-state index contributed by atoms with van der Waals surface area (Å²) in [4.78, 5) is 9.25. The minimum Gasteiger partial charge on any atom is -0.343 e. The number of aromatic nitrogens is 1. The molecule has 1 aliphatic rings. The van der Waals surface area contributed by atoms with Crippen LogP contribution in [0.2, 0.25) is 0 Å². The Labute approximate surface area is 155 Å². The van der Waals surface area contributed by atoms with Crippen molar-refractivity contribution in [3.05, 3.63) is 18.3 Å². The Morgan fingerprint density at radius 1 is 1.31 bits per heavy atom. The quantitative estimate of drug-likeness (QED) is 0.633. The van der Waals surface area contributed by atoms with E-state index in [0.717, 1.165) is 0 Å². The Balaban J connectivity index is 2.14. The Morgan fingerprint density at radius 3 is 2.42 bits per heavy atom. The summed E-state index contributed by atoms with van der Waals surface area (Å²) in [6, 6.07) is 2.99. The van der Waals surface area contributed by atoms with E-state index < -0.39 is 23.0 Å². The zero-order valence-electron chi connectivity index (χ0n) is 16.0. The number of pyridine rings is 1. The Kier molecular flexibility index (Phi) is 5.97. The molecule has 148 valence electrons. The molecular formula is C18H28F3N3OS. The van der Waals surface area contributed by atoms with E-state index in [1.54, 1.807) is 12.1 Å². The number of aliphatic imine (C=N–C) groups is 1. The third-order valence-electron chi connectivity index (χ3n) is 4.92. The fourth-order valence-corrected chi connectivity index (χ4v) is 3.78. The molecule has 1 heterocycles. The molecule has 4 nitrogen and oxygen atoms in total. The Bertz CT molecular complexity index is 637. The SMILES string of the molecule is C=Nc1cccnc1N(CC(F)(F)F)C1CC(OS(C)(C)C(C)(C)C)C1. The lowest BCUT2D eigenvalue weighted by Crippen LogP contribution is -2.52. The molecule has 0 radical (unpaired) electrons. The third kappa shape index (κ3) is 4.91. The van der Waals surface area contributed by atoms with E-state index in [9.17, 15) is 13.2 Å². The maximum Gasteiger partial charge on any atom is 0.405 e. The van der Waals surface area contributed by atoms with Crippen molar-refractivity contribution >= 4 is 28.5 Å². The second kappa shape index (κ2) is 7.38. The minimum absolute atomic E-state index is 0.0185. The van der Waals surface area contributed by atoms with Gasteiger partial charge in [0.15, 0.2) is 5.82 Å². The molecule has 0 unspecified atom stereocenters. The van der Waals surface area contributed by atoms with Crippen LogP contribution in [0.15, 0.2) is 23.3 Å². The number of nitrogens with zero attached hydrogens (tertiary/aromatic N) is 3. The predicted molar refractivity (Wildman–Crippen MR) is 104 cm³/mol. The van der Waals surface area contributed by atoms with Crippen molar-refractivity contribution in [2.24, 2.45) is 4.99 Å². The molecule has 1 aromatic rings. The molecule has 2 rings (SSSR count). The largest absolute Gasteiger partial charge is 0.405 e. The van der Waals surface area contributed by atoms with Gasteiger partial charge in [-0.2, -0.15) is 13.2 Å². The summed E-state index contributed by atoms with van der Waals surface area (Å²) >= 11 is 0. The summed E-state index contributed by atoms with van der Waals surface area (Å²) in [5, 5.41) is 0. The van der Waals surface area contributed by atoms with Crippen molar-refractivity contribution in [2.45, 2.75) is 56.7 Å². The van der Waals surface area contributed by atoms with Gasteiger partial charge in [0.2, 0.25) is 0 Å². The van der Waals surface area contributed by atoms with Gasteiger partial charge in [-0.15, -0.1) is 10.3 Å². The Hall–Kier alpha value is -1.28. The van der Waals surface area contributed by atoms with E-state index in [1.165, 1.54) is 11.1 Å². The molecule has 0 aliphatic heterocycles. The van der Waals surface area contributed by atoms with Gasteiger partial charge in [0.1, 0.15) is 12.2 Å². The van der Waals surface area contributed by atoms with Crippen LogP contribution in [0.25, 0.3) is 0 Å². The zero-order chi connectivity index (χ0) is 19.8. The highest BCUT2D eigenvalue weighted by Crippen LogP contribution is 2.56. The molecule has 0 aromatic carbocycles. The fraction of sp³-hybridized carbons (Fsp3) is 0.667. The highest BCUT2D eigenvalue weighted by Gasteiger charge is 2.43. The first-order valence-electron chi connectivity index (χ1n) is 8.50. The van der Waals surface area contributed by atoms with E-state index in [2.05, 4.69) is 50.0 Å². The molecule has 0 amide bonds. The Morgan fingerprint density at radius 2 is 1.92 bits per heavy atom. The van der Waals surface area contributed by atoms with Crippen molar-refractivity contribution in [1.29, 1.82) is 0 Å². The lowest BCUT2D eigenvalue weighted by molar-refractivity contribution is -0.122. The van der Waals surface area contributed by atoms with Crippen LogP contribution in [0.5, 0.6) is 0 Å². The summed E-state index contributed by atoms with van der Waals surface area (Å²) < 4.78 is 45.7. The first-order chi connectivity index (χ1) is 11.8. The van der Waals surface area contributed by atoms with Crippen LogP contribution in [0.1, 0.15) is 33.6 Å². The minimum atomic E-state index is -4.32. The molecule has 0 bridgehead atoms. The number of hydrogen-bond acceptors (Lipinski definition) is 4. The summed E-state index contributed by atoms with van der Waals surface area (Å²) in [5.41, 5.74) is 0.363. The van der Waals surface area contributed by atoms with Crippen LogP contribution < -0.4 is 4.90 Å². The smallest absolute Gasteiger partial charge is 0.343 e. The van der Waals surface area contributed by atoms with Crippen molar-refractivity contribution in [2.75, 3.05) is 24.0 Å². The summed E-state index contributed by atoms with van der Waals surface area (Å²) in [5.74, 6) is 0.228. The van der Waals surface area contributed by atoms with E-state index in [-0.39, 0.29) is 22.7 Å². The van der Waals surface area contributed by atoms with Crippen molar-refractivity contribution in [3.63, 3.8) is 0 Å². The summed E-state index contributed by atoms with van der Waals surface area (Å²) in [6.45, 7) is 8.78. The third-order valence-corrected chi connectivity index (χ3v) is 8.62. The van der Waals surface area contributed by atoms with Gasteiger partial charge in [-0.25, -0.2) is 4.98 Å². The van der Waals surface area contributed by atoms with Gasteiger partial charge in [0, 0.05) is 17.0 Å². The molecule has 1 fully saturated rings. The first kappa shape index (κ1) is 21.0. The van der Waals surface area contributed by atoms with Gasteiger partial charge >= 0.3 is 6.18 Å².